The number of thiazole rings is 1. The second kappa shape index (κ2) is 6.64. The van der Waals surface area contributed by atoms with E-state index < -0.39 is 0 Å². The maximum absolute atomic E-state index is 12.3. The first-order chi connectivity index (χ1) is 11.0. The molecule has 1 aromatic carbocycles. The van der Waals surface area contributed by atoms with Gasteiger partial charge in [-0.25, -0.2) is 4.98 Å². The van der Waals surface area contributed by atoms with Gasteiger partial charge < -0.3 is 9.88 Å². The number of aryl methyl sites for hydroxylation is 2. The molecule has 0 saturated carbocycles. The van der Waals surface area contributed by atoms with Crippen molar-refractivity contribution in [2.75, 3.05) is 13.6 Å². The molecule has 0 amide bonds. The van der Waals surface area contributed by atoms with Crippen molar-refractivity contribution >= 4 is 22.2 Å². The first-order valence-corrected chi connectivity index (χ1v) is 8.61. The van der Waals surface area contributed by atoms with Crippen LogP contribution in [0.2, 0.25) is 0 Å². The van der Waals surface area contributed by atoms with E-state index in [1.165, 1.54) is 4.88 Å². The van der Waals surface area contributed by atoms with Gasteiger partial charge in [-0.15, -0.1) is 11.3 Å². The Kier molecular flexibility index (Phi) is 4.59. The van der Waals surface area contributed by atoms with Crippen molar-refractivity contribution in [2.45, 2.75) is 26.8 Å². The second-order valence-corrected chi connectivity index (χ2v) is 6.95. The number of para-hydroxylation sites is 1. The maximum Gasteiger partial charge on any atom is 0.252 e. The first kappa shape index (κ1) is 15.9. The summed E-state index contributed by atoms with van der Waals surface area (Å²) in [6.07, 6.45) is 0.970. The Hall–Kier alpha value is -1.98. The SMILES string of the molecule is Cc1ncsc1CCN(C)Cc1cc2cccc(C)c2[nH]c1=O. The standard InChI is InChI=1S/C18H21N3OS/c1-12-5-4-6-14-9-15(18(22)20-17(12)14)10-21(3)8-7-16-13(2)19-11-23-16/h4-6,9,11H,7-8,10H2,1-3H3,(H,20,22). The highest BCUT2D eigenvalue weighted by molar-refractivity contribution is 7.09. The van der Waals surface area contributed by atoms with Crippen LogP contribution in [-0.2, 0) is 13.0 Å². The van der Waals surface area contributed by atoms with Crippen molar-refractivity contribution in [1.82, 2.24) is 14.9 Å². The average molecular weight is 327 g/mol. The fourth-order valence-corrected chi connectivity index (χ4v) is 3.54. The van der Waals surface area contributed by atoms with Crippen molar-refractivity contribution in [3.8, 4) is 0 Å². The zero-order valence-corrected chi connectivity index (χ0v) is 14.5. The number of hydrogen-bond acceptors (Lipinski definition) is 4. The Labute approximate surface area is 139 Å². The Bertz CT molecular complexity index is 881. The van der Waals surface area contributed by atoms with Gasteiger partial charge in [0.2, 0.25) is 0 Å². The minimum absolute atomic E-state index is 0.00706. The quantitative estimate of drug-likeness (QED) is 0.782. The molecule has 3 aromatic rings. The van der Waals surface area contributed by atoms with Crippen molar-refractivity contribution in [3.05, 3.63) is 61.8 Å². The molecule has 0 spiro atoms. The molecule has 0 saturated heterocycles. The summed E-state index contributed by atoms with van der Waals surface area (Å²) in [4.78, 5) is 23.1. The Morgan fingerprint density at radius 1 is 1.30 bits per heavy atom. The van der Waals surface area contributed by atoms with E-state index in [4.69, 9.17) is 0 Å². The third-order valence-electron chi connectivity index (χ3n) is 4.17. The third kappa shape index (κ3) is 3.51. The molecule has 2 heterocycles. The number of benzene rings is 1. The average Bonchev–Trinajstić information content (AvgIpc) is 2.92. The Balaban J connectivity index is 1.74. The van der Waals surface area contributed by atoms with E-state index in [2.05, 4.69) is 21.9 Å². The van der Waals surface area contributed by atoms with Gasteiger partial charge in [0.05, 0.1) is 16.7 Å². The van der Waals surface area contributed by atoms with Crippen molar-refractivity contribution < 1.29 is 0 Å². The van der Waals surface area contributed by atoms with Crippen LogP contribution in [0.15, 0.2) is 34.6 Å². The van der Waals surface area contributed by atoms with Crippen LogP contribution < -0.4 is 5.56 Å². The van der Waals surface area contributed by atoms with Crippen molar-refractivity contribution in [2.24, 2.45) is 0 Å². The van der Waals surface area contributed by atoms with E-state index in [1.807, 2.05) is 43.6 Å². The summed E-state index contributed by atoms with van der Waals surface area (Å²) in [5.41, 5.74) is 5.85. The number of aromatic amines is 1. The zero-order chi connectivity index (χ0) is 16.4. The number of H-pyrrole nitrogens is 1. The highest BCUT2D eigenvalue weighted by Crippen LogP contribution is 2.16. The number of rotatable bonds is 5. The van der Waals surface area contributed by atoms with Gasteiger partial charge in [0.25, 0.3) is 5.56 Å². The number of nitrogens with one attached hydrogen (secondary N) is 1. The van der Waals surface area contributed by atoms with Crippen LogP contribution in [0, 0.1) is 13.8 Å². The molecule has 0 aliphatic heterocycles. The largest absolute Gasteiger partial charge is 0.321 e. The minimum atomic E-state index is 0.00706. The molecule has 0 atom stereocenters. The summed E-state index contributed by atoms with van der Waals surface area (Å²) in [6, 6.07) is 8.09. The molecule has 0 fully saturated rings. The smallest absolute Gasteiger partial charge is 0.252 e. The molecule has 2 aromatic heterocycles. The van der Waals surface area contributed by atoms with E-state index in [0.717, 1.165) is 40.7 Å². The molecule has 0 unspecified atom stereocenters. The van der Waals surface area contributed by atoms with Crippen LogP contribution in [0.1, 0.15) is 21.7 Å². The second-order valence-electron chi connectivity index (χ2n) is 6.01. The Morgan fingerprint density at radius 3 is 2.87 bits per heavy atom. The third-order valence-corrected chi connectivity index (χ3v) is 5.17. The lowest BCUT2D eigenvalue weighted by Gasteiger charge is -2.16. The molecule has 5 heteroatoms. The zero-order valence-electron chi connectivity index (χ0n) is 13.7. The molecule has 1 N–H and O–H groups in total. The predicted molar refractivity (Wildman–Crippen MR) is 96.2 cm³/mol. The molecule has 0 radical (unpaired) electrons. The minimum Gasteiger partial charge on any atom is -0.321 e. The lowest BCUT2D eigenvalue weighted by atomic mass is 10.1. The summed E-state index contributed by atoms with van der Waals surface area (Å²) in [5.74, 6) is 0. The van der Waals surface area contributed by atoms with Crippen LogP contribution in [0.5, 0.6) is 0 Å². The number of fused-ring (bicyclic) bond motifs is 1. The summed E-state index contributed by atoms with van der Waals surface area (Å²) in [6.45, 7) is 5.62. The number of aromatic nitrogens is 2. The van der Waals surface area contributed by atoms with Gasteiger partial charge in [-0.2, -0.15) is 0 Å². The van der Waals surface area contributed by atoms with E-state index in [1.54, 1.807) is 11.3 Å². The molecule has 120 valence electrons. The number of hydrogen-bond donors (Lipinski definition) is 1. The monoisotopic (exact) mass is 327 g/mol. The Morgan fingerprint density at radius 2 is 2.13 bits per heavy atom. The molecule has 0 bridgehead atoms. The fraction of sp³-hybridized carbons (Fsp3) is 0.333. The first-order valence-electron chi connectivity index (χ1n) is 7.73. The van der Waals surface area contributed by atoms with Crippen molar-refractivity contribution in [1.29, 1.82) is 0 Å². The highest BCUT2D eigenvalue weighted by Gasteiger charge is 2.09. The molecule has 0 aliphatic carbocycles. The lowest BCUT2D eigenvalue weighted by Crippen LogP contribution is -2.25. The molecule has 3 rings (SSSR count). The van der Waals surface area contributed by atoms with Crippen LogP contribution >= 0.6 is 11.3 Å². The van der Waals surface area contributed by atoms with Gasteiger partial charge in [-0.05, 0) is 44.3 Å². The maximum atomic E-state index is 12.3. The molecule has 4 nitrogen and oxygen atoms in total. The fourth-order valence-electron chi connectivity index (χ4n) is 2.77. The van der Waals surface area contributed by atoms with Crippen LogP contribution in [-0.4, -0.2) is 28.5 Å². The van der Waals surface area contributed by atoms with Gasteiger partial charge in [-0.3, -0.25) is 4.79 Å². The summed E-state index contributed by atoms with van der Waals surface area (Å²) >= 11 is 1.70. The van der Waals surface area contributed by atoms with Gasteiger partial charge in [0.15, 0.2) is 0 Å². The summed E-state index contributed by atoms with van der Waals surface area (Å²) < 4.78 is 0. The van der Waals surface area contributed by atoms with Crippen LogP contribution in [0.4, 0.5) is 0 Å². The molecule has 0 aliphatic rings. The highest BCUT2D eigenvalue weighted by atomic mass is 32.1. The van der Waals surface area contributed by atoms with Gasteiger partial charge in [0, 0.05) is 23.5 Å². The summed E-state index contributed by atoms with van der Waals surface area (Å²) in [7, 11) is 2.05. The van der Waals surface area contributed by atoms with Gasteiger partial charge in [0.1, 0.15) is 0 Å². The normalized spacial score (nSPS) is 11.5. The summed E-state index contributed by atoms with van der Waals surface area (Å²) in [5, 5.41) is 1.09. The van der Waals surface area contributed by atoms with Crippen LogP contribution in [0.3, 0.4) is 0 Å². The molecule has 23 heavy (non-hydrogen) atoms. The predicted octanol–water partition coefficient (Wildman–Crippen LogP) is 3.28. The van der Waals surface area contributed by atoms with Gasteiger partial charge >= 0.3 is 0 Å². The number of nitrogens with zero attached hydrogens (tertiary/aromatic N) is 2. The molecular weight excluding hydrogens is 306 g/mol. The van der Waals surface area contributed by atoms with E-state index in [9.17, 15) is 4.79 Å². The topological polar surface area (TPSA) is 49.0 Å². The van der Waals surface area contributed by atoms with E-state index >= 15 is 0 Å². The van der Waals surface area contributed by atoms with Crippen LogP contribution in [0.25, 0.3) is 10.9 Å². The van der Waals surface area contributed by atoms with E-state index in [0.29, 0.717) is 6.54 Å². The van der Waals surface area contributed by atoms with Gasteiger partial charge in [-0.1, -0.05) is 18.2 Å². The van der Waals surface area contributed by atoms with Crippen molar-refractivity contribution in [3.63, 3.8) is 0 Å². The molecular formula is C18H21N3OS. The number of likely N-dealkylation sites (N-methyl/N-ethyl adjacent to an activating group) is 1. The lowest BCUT2D eigenvalue weighted by molar-refractivity contribution is 0.330. The number of pyridine rings is 1. The van der Waals surface area contributed by atoms with E-state index in [-0.39, 0.29) is 5.56 Å².